The highest BCUT2D eigenvalue weighted by atomic mass is 79.9. The number of rotatable bonds is 2. The van der Waals surface area contributed by atoms with Crippen LogP contribution in [0, 0.1) is 5.82 Å². The molecule has 1 aromatic rings. The van der Waals surface area contributed by atoms with E-state index in [2.05, 4.69) is 15.9 Å². The Hall–Kier alpha value is -0.410. The third-order valence-corrected chi connectivity index (χ3v) is 2.29. The van der Waals surface area contributed by atoms with Crippen molar-refractivity contribution in [3.8, 4) is 0 Å². The van der Waals surface area contributed by atoms with Gasteiger partial charge in [-0.1, -0.05) is 22.9 Å². The highest BCUT2D eigenvalue weighted by molar-refractivity contribution is 9.10. The zero-order chi connectivity index (χ0) is 9.14. The van der Waals surface area contributed by atoms with Crippen LogP contribution in [0.15, 0.2) is 22.7 Å². The molecule has 0 bridgehead atoms. The molecular weight excluding hydrogens is 221 g/mol. The second kappa shape index (κ2) is 4.01. The number of nitrogens with two attached hydrogens (primary N) is 1. The summed E-state index contributed by atoms with van der Waals surface area (Å²) in [6, 6.07) is 4.61. The van der Waals surface area contributed by atoms with E-state index in [1.54, 1.807) is 12.1 Å². The SMILES string of the molecule is CC[C@H](N)c1cc(Br)ccc1F. The highest BCUT2D eigenvalue weighted by Crippen LogP contribution is 2.21. The predicted octanol–water partition coefficient (Wildman–Crippen LogP) is 3.00. The van der Waals surface area contributed by atoms with Crippen molar-refractivity contribution >= 4 is 15.9 Å². The number of hydrogen-bond acceptors (Lipinski definition) is 1. The van der Waals surface area contributed by atoms with Gasteiger partial charge in [0.1, 0.15) is 5.82 Å². The van der Waals surface area contributed by atoms with Gasteiger partial charge < -0.3 is 5.73 Å². The molecule has 1 aromatic carbocycles. The van der Waals surface area contributed by atoms with E-state index in [0.717, 1.165) is 10.9 Å². The van der Waals surface area contributed by atoms with Crippen LogP contribution in [0.2, 0.25) is 0 Å². The summed E-state index contributed by atoms with van der Waals surface area (Å²) in [5.74, 6) is -0.229. The van der Waals surface area contributed by atoms with Crippen molar-refractivity contribution in [2.45, 2.75) is 19.4 Å². The first-order valence-electron chi connectivity index (χ1n) is 3.85. The van der Waals surface area contributed by atoms with Gasteiger partial charge in [-0.3, -0.25) is 0 Å². The highest BCUT2D eigenvalue weighted by Gasteiger charge is 2.08. The average molecular weight is 232 g/mol. The van der Waals surface area contributed by atoms with E-state index in [-0.39, 0.29) is 11.9 Å². The fraction of sp³-hybridized carbons (Fsp3) is 0.333. The van der Waals surface area contributed by atoms with Crippen molar-refractivity contribution in [1.82, 2.24) is 0 Å². The summed E-state index contributed by atoms with van der Waals surface area (Å²) in [5, 5.41) is 0. The van der Waals surface area contributed by atoms with Gasteiger partial charge >= 0.3 is 0 Å². The second-order valence-corrected chi connectivity index (χ2v) is 3.60. The molecule has 1 atom stereocenters. The summed E-state index contributed by atoms with van der Waals surface area (Å²) in [6.07, 6.45) is 0.743. The molecule has 0 fully saturated rings. The summed E-state index contributed by atoms with van der Waals surface area (Å²) >= 11 is 3.27. The molecule has 2 N–H and O–H groups in total. The fourth-order valence-electron chi connectivity index (χ4n) is 1.02. The maximum Gasteiger partial charge on any atom is 0.128 e. The molecule has 0 radical (unpaired) electrons. The van der Waals surface area contributed by atoms with Gasteiger partial charge in [0.25, 0.3) is 0 Å². The first kappa shape index (κ1) is 9.68. The molecule has 0 unspecified atom stereocenters. The molecule has 0 aliphatic rings. The Balaban J connectivity index is 3.04. The van der Waals surface area contributed by atoms with Crippen LogP contribution in [-0.4, -0.2) is 0 Å². The fourth-order valence-corrected chi connectivity index (χ4v) is 1.40. The lowest BCUT2D eigenvalue weighted by Crippen LogP contribution is -2.10. The van der Waals surface area contributed by atoms with Gasteiger partial charge in [-0.25, -0.2) is 4.39 Å². The van der Waals surface area contributed by atoms with Crippen LogP contribution >= 0.6 is 15.9 Å². The largest absolute Gasteiger partial charge is 0.324 e. The molecule has 0 spiro atoms. The van der Waals surface area contributed by atoms with Crippen LogP contribution in [0.1, 0.15) is 24.9 Å². The lowest BCUT2D eigenvalue weighted by Gasteiger charge is -2.10. The van der Waals surface area contributed by atoms with E-state index in [4.69, 9.17) is 5.73 Å². The van der Waals surface area contributed by atoms with Crippen LogP contribution < -0.4 is 5.73 Å². The molecule has 1 nitrogen and oxygen atoms in total. The van der Waals surface area contributed by atoms with Gasteiger partial charge in [0.15, 0.2) is 0 Å². The van der Waals surface area contributed by atoms with Crippen molar-refractivity contribution in [3.63, 3.8) is 0 Å². The van der Waals surface area contributed by atoms with Crippen molar-refractivity contribution in [3.05, 3.63) is 34.1 Å². The minimum atomic E-state index is -0.229. The predicted molar refractivity (Wildman–Crippen MR) is 51.3 cm³/mol. The van der Waals surface area contributed by atoms with Crippen molar-refractivity contribution in [1.29, 1.82) is 0 Å². The first-order valence-corrected chi connectivity index (χ1v) is 4.65. The normalized spacial score (nSPS) is 13.0. The van der Waals surface area contributed by atoms with Gasteiger partial charge in [-0.2, -0.15) is 0 Å². The topological polar surface area (TPSA) is 26.0 Å². The maximum absolute atomic E-state index is 13.1. The van der Waals surface area contributed by atoms with E-state index in [1.807, 2.05) is 6.92 Å². The second-order valence-electron chi connectivity index (χ2n) is 2.68. The standard InChI is InChI=1S/C9H11BrFN/c1-2-9(12)7-5-6(10)3-4-8(7)11/h3-5,9H,2,12H2,1H3/t9-/m0/s1. The third-order valence-electron chi connectivity index (χ3n) is 1.80. The zero-order valence-electron chi connectivity index (χ0n) is 6.85. The van der Waals surface area contributed by atoms with Gasteiger partial charge in [-0.15, -0.1) is 0 Å². The van der Waals surface area contributed by atoms with Gasteiger partial charge in [-0.05, 0) is 24.6 Å². The molecule has 0 heterocycles. The summed E-state index contributed by atoms with van der Waals surface area (Å²) in [4.78, 5) is 0. The Morgan fingerprint density at radius 3 is 2.83 bits per heavy atom. The molecule has 66 valence electrons. The van der Waals surface area contributed by atoms with Crippen LogP contribution in [0.5, 0.6) is 0 Å². The summed E-state index contributed by atoms with van der Waals surface area (Å²) in [6.45, 7) is 1.94. The molecule has 0 saturated heterocycles. The van der Waals surface area contributed by atoms with E-state index in [9.17, 15) is 4.39 Å². The van der Waals surface area contributed by atoms with E-state index in [0.29, 0.717) is 5.56 Å². The zero-order valence-corrected chi connectivity index (χ0v) is 8.44. The lowest BCUT2D eigenvalue weighted by molar-refractivity contribution is 0.575. The first-order chi connectivity index (χ1) is 5.65. The minimum Gasteiger partial charge on any atom is -0.324 e. The van der Waals surface area contributed by atoms with Crippen molar-refractivity contribution in [2.75, 3.05) is 0 Å². The van der Waals surface area contributed by atoms with Gasteiger partial charge in [0.05, 0.1) is 0 Å². The Bertz CT molecular complexity index is 275. The molecule has 0 amide bonds. The van der Waals surface area contributed by atoms with E-state index in [1.165, 1.54) is 6.07 Å². The van der Waals surface area contributed by atoms with Crippen molar-refractivity contribution in [2.24, 2.45) is 5.73 Å². The van der Waals surface area contributed by atoms with Crippen LogP contribution in [0.3, 0.4) is 0 Å². The number of benzene rings is 1. The summed E-state index contributed by atoms with van der Waals surface area (Å²) in [7, 11) is 0. The smallest absolute Gasteiger partial charge is 0.128 e. The van der Waals surface area contributed by atoms with E-state index < -0.39 is 0 Å². The quantitative estimate of drug-likeness (QED) is 0.833. The Morgan fingerprint density at radius 2 is 2.25 bits per heavy atom. The molecule has 0 aliphatic heterocycles. The molecule has 0 aliphatic carbocycles. The van der Waals surface area contributed by atoms with Crippen LogP contribution in [-0.2, 0) is 0 Å². The maximum atomic E-state index is 13.1. The molecule has 3 heteroatoms. The Kier molecular flexibility index (Phi) is 3.23. The lowest BCUT2D eigenvalue weighted by atomic mass is 10.1. The number of hydrogen-bond donors (Lipinski definition) is 1. The van der Waals surface area contributed by atoms with Gasteiger partial charge in [0.2, 0.25) is 0 Å². The van der Waals surface area contributed by atoms with Crippen molar-refractivity contribution < 1.29 is 4.39 Å². The molecule has 12 heavy (non-hydrogen) atoms. The molecule has 0 aromatic heterocycles. The van der Waals surface area contributed by atoms with E-state index >= 15 is 0 Å². The summed E-state index contributed by atoms with van der Waals surface area (Å²) < 4.78 is 14.0. The molecule has 1 rings (SSSR count). The Morgan fingerprint density at radius 1 is 1.58 bits per heavy atom. The average Bonchev–Trinajstić information content (AvgIpc) is 2.08. The molecular formula is C9H11BrFN. The number of halogens is 2. The van der Waals surface area contributed by atoms with Gasteiger partial charge in [0, 0.05) is 16.1 Å². The third kappa shape index (κ3) is 2.05. The Labute approximate surface area is 79.9 Å². The minimum absolute atomic E-state index is 0.206. The van der Waals surface area contributed by atoms with Crippen LogP contribution in [0.25, 0.3) is 0 Å². The van der Waals surface area contributed by atoms with Crippen LogP contribution in [0.4, 0.5) is 4.39 Å². The summed E-state index contributed by atoms with van der Waals surface area (Å²) in [5.41, 5.74) is 6.28. The molecule has 0 saturated carbocycles. The monoisotopic (exact) mass is 231 g/mol.